The van der Waals surface area contributed by atoms with E-state index in [1.165, 1.54) is 28.6 Å². The summed E-state index contributed by atoms with van der Waals surface area (Å²) in [5.74, 6) is -1.08. The number of anilines is 1. The van der Waals surface area contributed by atoms with Crippen LogP contribution in [0.3, 0.4) is 0 Å². The molecule has 156 valence electrons. The van der Waals surface area contributed by atoms with Gasteiger partial charge >= 0.3 is 0 Å². The third kappa shape index (κ3) is 5.33. The molecule has 0 aliphatic carbocycles. The number of benzene rings is 2. The van der Waals surface area contributed by atoms with Crippen LogP contribution in [-0.4, -0.2) is 38.3 Å². The third-order valence-electron chi connectivity index (χ3n) is 4.85. The first-order chi connectivity index (χ1) is 13.9. The van der Waals surface area contributed by atoms with Crippen LogP contribution in [-0.2, 0) is 14.8 Å². The van der Waals surface area contributed by atoms with Crippen LogP contribution in [0.4, 0.5) is 10.1 Å². The van der Waals surface area contributed by atoms with Crippen molar-refractivity contribution < 1.29 is 22.3 Å². The Balaban J connectivity index is 1.71. The van der Waals surface area contributed by atoms with Gasteiger partial charge < -0.3 is 10.1 Å². The molecule has 0 spiro atoms. The van der Waals surface area contributed by atoms with Crippen molar-refractivity contribution >= 4 is 21.6 Å². The van der Waals surface area contributed by atoms with E-state index in [1.54, 1.807) is 25.1 Å². The number of ether oxygens (including phenoxy) is 1. The first kappa shape index (κ1) is 21.3. The second-order valence-corrected chi connectivity index (χ2v) is 8.97. The molecule has 0 bridgehead atoms. The van der Waals surface area contributed by atoms with E-state index >= 15 is 0 Å². The number of hydrogen-bond donors (Lipinski definition) is 1. The van der Waals surface area contributed by atoms with Gasteiger partial charge in [-0.3, -0.25) is 4.79 Å². The monoisotopic (exact) mass is 420 g/mol. The number of nitrogens with zero attached hydrogens (tertiary/aromatic N) is 1. The Hall–Kier alpha value is -2.45. The van der Waals surface area contributed by atoms with Crippen LogP contribution in [0, 0.1) is 12.7 Å². The van der Waals surface area contributed by atoms with Crippen LogP contribution in [0.25, 0.3) is 0 Å². The van der Waals surface area contributed by atoms with Gasteiger partial charge in [-0.2, -0.15) is 4.31 Å². The lowest BCUT2D eigenvalue weighted by molar-refractivity contribution is -0.118. The summed E-state index contributed by atoms with van der Waals surface area (Å²) >= 11 is 0. The molecule has 6 nitrogen and oxygen atoms in total. The summed E-state index contributed by atoms with van der Waals surface area (Å²) in [7, 11) is -3.63. The first-order valence-electron chi connectivity index (χ1n) is 9.66. The Kier molecular flexibility index (Phi) is 6.87. The van der Waals surface area contributed by atoms with E-state index in [9.17, 15) is 17.6 Å². The number of amides is 1. The Bertz CT molecular complexity index is 970. The molecule has 0 radical (unpaired) electrons. The Morgan fingerprint density at radius 2 is 1.79 bits per heavy atom. The molecule has 2 aromatic carbocycles. The second-order valence-electron chi connectivity index (χ2n) is 7.07. The van der Waals surface area contributed by atoms with E-state index in [0.717, 1.165) is 25.7 Å². The number of aryl methyl sites for hydroxylation is 1. The number of halogens is 1. The Morgan fingerprint density at radius 1 is 1.10 bits per heavy atom. The molecule has 3 rings (SSSR count). The van der Waals surface area contributed by atoms with Crippen molar-refractivity contribution in [1.82, 2.24) is 4.31 Å². The van der Waals surface area contributed by atoms with E-state index in [4.69, 9.17) is 4.74 Å². The third-order valence-corrected chi connectivity index (χ3v) is 6.89. The van der Waals surface area contributed by atoms with Gasteiger partial charge in [0.1, 0.15) is 0 Å². The molecule has 8 heteroatoms. The van der Waals surface area contributed by atoms with Crippen LogP contribution < -0.4 is 10.1 Å². The standard InChI is InChI=1S/C21H25FN2O4S/c1-16-10-11-17(23-21(25)15-28-19-9-5-4-8-18(19)22)14-20(16)29(26,27)24-12-6-2-3-7-13-24/h4-5,8-11,14H,2-3,6-7,12-13,15H2,1H3,(H,23,25). The van der Waals surface area contributed by atoms with Gasteiger partial charge in [0.25, 0.3) is 5.91 Å². The van der Waals surface area contributed by atoms with Crippen LogP contribution in [0.15, 0.2) is 47.4 Å². The molecule has 1 fully saturated rings. The minimum absolute atomic E-state index is 0.0176. The van der Waals surface area contributed by atoms with Crippen molar-refractivity contribution in [2.45, 2.75) is 37.5 Å². The highest BCUT2D eigenvalue weighted by Gasteiger charge is 2.27. The van der Waals surface area contributed by atoms with E-state index in [-0.39, 0.29) is 17.3 Å². The number of carbonyl (C=O) groups excluding carboxylic acids is 1. The number of hydrogen-bond acceptors (Lipinski definition) is 4. The topological polar surface area (TPSA) is 75.7 Å². The molecule has 1 aliphatic heterocycles. The molecule has 29 heavy (non-hydrogen) atoms. The second kappa shape index (κ2) is 9.37. The Morgan fingerprint density at radius 3 is 2.48 bits per heavy atom. The number of rotatable bonds is 6. The van der Waals surface area contributed by atoms with Crippen molar-refractivity contribution in [1.29, 1.82) is 0 Å². The molecule has 0 unspecified atom stereocenters. The highest BCUT2D eigenvalue weighted by Crippen LogP contribution is 2.26. The molecular weight excluding hydrogens is 395 g/mol. The van der Waals surface area contributed by atoms with E-state index in [2.05, 4.69) is 5.32 Å². The highest BCUT2D eigenvalue weighted by atomic mass is 32.2. The quantitative estimate of drug-likeness (QED) is 0.773. The van der Waals surface area contributed by atoms with E-state index < -0.39 is 21.7 Å². The molecular formula is C21H25FN2O4S. The molecule has 0 saturated carbocycles. The zero-order valence-corrected chi connectivity index (χ0v) is 17.2. The molecule has 0 atom stereocenters. The average Bonchev–Trinajstić information content (AvgIpc) is 2.99. The molecule has 1 heterocycles. The molecule has 1 aliphatic rings. The number of carbonyl (C=O) groups is 1. The van der Waals surface area contributed by atoms with Crippen LogP contribution >= 0.6 is 0 Å². The molecule has 1 N–H and O–H groups in total. The fraction of sp³-hybridized carbons (Fsp3) is 0.381. The fourth-order valence-electron chi connectivity index (χ4n) is 3.28. The van der Waals surface area contributed by atoms with Gasteiger partial charge in [0, 0.05) is 18.8 Å². The van der Waals surface area contributed by atoms with E-state index in [0.29, 0.717) is 24.3 Å². The number of nitrogens with one attached hydrogen (secondary N) is 1. The highest BCUT2D eigenvalue weighted by molar-refractivity contribution is 7.89. The van der Waals surface area contributed by atoms with Gasteiger partial charge in [-0.05, 0) is 49.6 Å². The lowest BCUT2D eigenvalue weighted by Gasteiger charge is -2.21. The summed E-state index contributed by atoms with van der Waals surface area (Å²) in [5, 5.41) is 2.62. The van der Waals surface area contributed by atoms with Crippen molar-refractivity contribution in [2.24, 2.45) is 0 Å². The maximum Gasteiger partial charge on any atom is 0.262 e. The van der Waals surface area contributed by atoms with Gasteiger partial charge in [0.2, 0.25) is 10.0 Å². The van der Waals surface area contributed by atoms with Crippen molar-refractivity contribution in [3.8, 4) is 5.75 Å². The zero-order valence-electron chi connectivity index (χ0n) is 16.4. The predicted octanol–water partition coefficient (Wildman–Crippen LogP) is 3.72. The normalized spacial score (nSPS) is 15.5. The van der Waals surface area contributed by atoms with Gasteiger partial charge in [-0.1, -0.05) is 31.0 Å². The minimum atomic E-state index is -3.63. The maximum absolute atomic E-state index is 13.6. The van der Waals surface area contributed by atoms with Crippen LogP contribution in [0.1, 0.15) is 31.2 Å². The Labute approximate surface area is 170 Å². The summed E-state index contributed by atoms with van der Waals surface area (Å²) in [6.45, 7) is 2.37. The van der Waals surface area contributed by atoms with Gasteiger partial charge in [-0.25, -0.2) is 12.8 Å². The van der Waals surface area contributed by atoms with Gasteiger partial charge in [0.15, 0.2) is 18.2 Å². The summed E-state index contributed by atoms with van der Waals surface area (Å²) < 4.78 is 46.5. The number of sulfonamides is 1. The van der Waals surface area contributed by atoms with Crippen LogP contribution in [0.5, 0.6) is 5.75 Å². The molecule has 1 saturated heterocycles. The zero-order chi connectivity index (χ0) is 20.9. The SMILES string of the molecule is Cc1ccc(NC(=O)COc2ccccc2F)cc1S(=O)(=O)N1CCCCCC1. The summed E-state index contributed by atoms with van der Waals surface area (Å²) in [6.07, 6.45) is 3.76. The summed E-state index contributed by atoms with van der Waals surface area (Å²) in [4.78, 5) is 12.4. The lowest BCUT2D eigenvalue weighted by atomic mass is 10.2. The predicted molar refractivity (Wildman–Crippen MR) is 109 cm³/mol. The number of para-hydroxylation sites is 1. The van der Waals surface area contributed by atoms with Crippen molar-refractivity contribution in [2.75, 3.05) is 25.0 Å². The first-order valence-corrected chi connectivity index (χ1v) is 11.1. The average molecular weight is 421 g/mol. The lowest BCUT2D eigenvalue weighted by Crippen LogP contribution is -2.32. The molecule has 0 aromatic heterocycles. The van der Waals surface area contributed by atoms with Crippen molar-refractivity contribution in [3.05, 3.63) is 53.8 Å². The van der Waals surface area contributed by atoms with Gasteiger partial charge in [-0.15, -0.1) is 0 Å². The maximum atomic E-state index is 13.6. The molecule has 2 aromatic rings. The smallest absolute Gasteiger partial charge is 0.262 e. The minimum Gasteiger partial charge on any atom is -0.481 e. The summed E-state index contributed by atoms with van der Waals surface area (Å²) in [5.41, 5.74) is 0.973. The van der Waals surface area contributed by atoms with Crippen molar-refractivity contribution in [3.63, 3.8) is 0 Å². The molecule has 1 amide bonds. The van der Waals surface area contributed by atoms with Gasteiger partial charge in [0.05, 0.1) is 4.90 Å². The van der Waals surface area contributed by atoms with E-state index in [1.807, 2.05) is 0 Å². The van der Waals surface area contributed by atoms with Crippen LogP contribution in [0.2, 0.25) is 0 Å². The summed E-state index contributed by atoms with van der Waals surface area (Å²) in [6, 6.07) is 10.6. The fourth-order valence-corrected chi connectivity index (χ4v) is 5.05. The largest absolute Gasteiger partial charge is 0.481 e.